The van der Waals surface area contributed by atoms with Crippen LogP contribution in [0.1, 0.15) is 22.9 Å². The van der Waals surface area contributed by atoms with E-state index >= 15 is 0 Å². The molecule has 31 heavy (non-hydrogen) atoms. The van der Waals surface area contributed by atoms with Crippen LogP contribution in [-0.4, -0.2) is 33.3 Å². The lowest BCUT2D eigenvalue weighted by atomic mass is 9.95. The minimum atomic E-state index is -0.731. The third-order valence-electron chi connectivity index (χ3n) is 5.75. The van der Waals surface area contributed by atoms with Gasteiger partial charge in [-0.3, -0.25) is 9.78 Å². The molecule has 1 aliphatic heterocycles. The van der Waals surface area contributed by atoms with Gasteiger partial charge in [0.25, 0.3) is 5.56 Å². The van der Waals surface area contributed by atoms with Gasteiger partial charge in [0.2, 0.25) is 5.88 Å². The zero-order chi connectivity index (χ0) is 21.7. The van der Waals surface area contributed by atoms with Gasteiger partial charge in [0.05, 0.1) is 25.0 Å². The van der Waals surface area contributed by atoms with E-state index in [1.54, 1.807) is 31.4 Å². The van der Waals surface area contributed by atoms with E-state index in [2.05, 4.69) is 9.97 Å². The largest absolute Gasteiger partial charge is 0.497 e. The molecule has 0 unspecified atom stereocenters. The molecule has 158 valence electrons. The predicted molar refractivity (Wildman–Crippen MR) is 117 cm³/mol. The lowest BCUT2D eigenvalue weighted by Gasteiger charge is -2.22. The van der Waals surface area contributed by atoms with E-state index in [1.165, 1.54) is 0 Å². The van der Waals surface area contributed by atoms with Crippen LogP contribution in [0.5, 0.6) is 11.6 Å². The first-order chi connectivity index (χ1) is 15.0. The predicted octanol–water partition coefficient (Wildman–Crippen LogP) is 1.58. The van der Waals surface area contributed by atoms with Gasteiger partial charge in [-0.15, -0.1) is 0 Å². The number of rotatable bonds is 3. The lowest BCUT2D eigenvalue weighted by Crippen LogP contribution is -2.87. The second kappa shape index (κ2) is 7.33. The Morgan fingerprint density at radius 3 is 2.81 bits per heavy atom. The van der Waals surface area contributed by atoms with Crippen molar-refractivity contribution in [1.29, 1.82) is 0 Å². The minimum Gasteiger partial charge on any atom is -0.497 e. The van der Waals surface area contributed by atoms with Crippen LogP contribution in [0.25, 0.3) is 16.6 Å². The third-order valence-corrected chi connectivity index (χ3v) is 5.99. The van der Waals surface area contributed by atoms with Crippen LogP contribution in [0.2, 0.25) is 5.02 Å². The first-order valence-electron chi connectivity index (χ1n) is 9.84. The highest BCUT2D eigenvalue weighted by atomic mass is 35.5. The normalized spacial score (nSPS) is 15.7. The second-order valence-corrected chi connectivity index (χ2v) is 7.93. The maximum Gasteiger partial charge on any atom is 0.335 e. The van der Waals surface area contributed by atoms with Crippen molar-refractivity contribution in [2.24, 2.45) is 0 Å². The number of aromatic hydroxyl groups is 1. The van der Waals surface area contributed by atoms with E-state index in [4.69, 9.17) is 16.3 Å². The summed E-state index contributed by atoms with van der Waals surface area (Å²) in [5.41, 5.74) is 1.94. The monoisotopic (exact) mass is 439 g/mol. The molecule has 0 radical (unpaired) electrons. The number of ether oxygens (including phenoxy) is 1. The summed E-state index contributed by atoms with van der Waals surface area (Å²) in [5.74, 6) is 0.344. The Kier molecular flexibility index (Phi) is 4.60. The molecule has 1 aliphatic rings. The maximum absolute atomic E-state index is 12.8. The van der Waals surface area contributed by atoms with E-state index in [-0.39, 0.29) is 5.56 Å². The number of aromatic nitrogens is 3. The first-order valence-corrected chi connectivity index (χ1v) is 10.2. The Bertz CT molecular complexity index is 1440. The number of quaternary nitrogens is 1. The summed E-state index contributed by atoms with van der Waals surface area (Å²) in [4.78, 5) is 31.1. The van der Waals surface area contributed by atoms with Gasteiger partial charge in [0, 0.05) is 22.3 Å². The Balaban J connectivity index is 1.73. The number of fused-ring (bicyclic) bond motifs is 3. The average molecular weight is 440 g/mol. The number of nitrogens with zero attached hydrogens (tertiary/aromatic N) is 1. The number of nitrogens with one attached hydrogen (secondary N) is 2. The van der Waals surface area contributed by atoms with Crippen LogP contribution in [-0.2, 0) is 6.42 Å². The number of H-pyrrole nitrogens is 2. The van der Waals surface area contributed by atoms with Gasteiger partial charge in [-0.25, -0.2) is 9.36 Å². The molecule has 0 saturated carbocycles. The molecule has 5 N–H and O–H groups in total. The van der Waals surface area contributed by atoms with E-state index in [1.807, 2.05) is 23.5 Å². The Hall–Kier alpha value is -3.49. The molecular weight excluding hydrogens is 420 g/mol. The lowest BCUT2D eigenvalue weighted by molar-refractivity contribution is -0.690. The summed E-state index contributed by atoms with van der Waals surface area (Å²) in [6, 6.07) is 11.8. The number of methoxy groups -OCH3 is 1. The standard InChI is InChI=1S/C22H19ClN4O4/c1-31-13-5-6-16-15(10-13)14-7-8-24-19(18(14)25-16)17-20(28)26-22(30)27(21(17)29)12-4-2-3-11(23)9-12/h2-6,9-10,19,24-25,29H,7-8H2,1H3,(H,26,28,30)/p+1/t19-/m0/s1. The van der Waals surface area contributed by atoms with Gasteiger partial charge in [0.1, 0.15) is 11.3 Å². The van der Waals surface area contributed by atoms with Crippen LogP contribution < -0.4 is 21.3 Å². The van der Waals surface area contributed by atoms with Gasteiger partial charge in [-0.2, -0.15) is 0 Å². The molecule has 0 fully saturated rings. The van der Waals surface area contributed by atoms with Gasteiger partial charge in [-0.05, 0) is 42.0 Å². The van der Waals surface area contributed by atoms with Crippen molar-refractivity contribution in [3.8, 4) is 17.3 Å². The molecule has 3 heterocycles. The molecule has 1 atom stereocenters. The summed E-state index contributed by atoms with van der Waals surface area (Å²) in [7, 11) is 1.62. The van der Waals surface area contributed by atoms with Crippen molar-refractivity contribution in [3.05, 3.63) is 85.1 Å². The minimum absolute atomic E-state index is 0.110. The van der Waals surface area contributed by atoms with Crippen molar-refractivity contribution in [2.75, 3.05) is 13.7 Å². The number of hydrogen-bond acceptors (Lipinski definition) is 4. The smallest absolute Gasteiger partial charge is 0.335 e. The fourth-order valence-corrected chi connectivity index (χ4v) is 4.54. The van der Waals surface area contributed by atoms with Crippen molar-refractivity contribution in [2.45, 2.75) is 12.5 Å². The van der Waals surface area contributed by atoms with Crippen LogP contribution in [0.3, 0.4) is 0 Å². The summed E-state index contributed by atoms with van der Waals surface area (Å²) >= 11 is 6.07. The molecule has 2 aromatic heterocycles. The number of hydrogen-bond donors (Lipinski definition) is 4. The van der Waals surface area contributed by atoms with E-state index in [0.29, 0.717) is 10.7 Å². The number of aromatic amines is 2. The molecule has 9 heteroatoms. The molecule has 0 amide bonds. The highest BCUT2D eigenvalue weighted by molar-refractivity contribution is 6.30. The summed E-state index contributed by atoms with van der Waals surface area (Å²) in [6.45, 7) is 0.719. The van der Waals surface area contributed by atoms with E-state index < -0.39 is 23.2 Å². The first kappa shape index (κ1) is 19.5. The fourth-order valence-electron chi connectivity index (χ4n) is 4.36. The molecule has 0 spiro atoms. The maximum atomic E-state index is 12.8. The average Bonchev–Trinajstić information content (AvgIpc) is 3.12. The number of halogens is 1. The Morgan fingerprint density at radius 1 is 1.19 bits per heavy atom. The van der Waals surface area contributed by atoms with Gasteiger partial charge >= 0.3 is 5.69 Å². The summed E-state index contributed by atoms with van der Waals surface area (Å²) in [5, 5.41) is 14.5. The molecule has 5 rings (SSSR count). The quantitative estimate of drug-likeness (QED) is 0.387. The molecule has 4 aromatic rings. The highest BCUT2D eigenvalue weighted by Crippen LogP contribution is 2.34. The topological polar surface area (TPSA) is 117 Å². The molecule has 0 bridgehead atoms. The van der Waals surface area contributed by atoms with Crippen molar-refractivity contribution in [1.82, 2.24) is 14.5 Å². The van der Waals surface area contributed by atoms with Crippen LogP contribution in [0, 0.1) is 0 Å². The van der Waals surface area contributed by atoms with Crippen molar-refractivity contribution >= 4 is 22.5 Å². The van der Waals surface area contributed by atoms with Crippen molar-refractivity contribution < 1.29 is 15.2 Å². The zero-order valence-corrected chi connectivity index (χ0v) is 17.4. The second-order valence-electron chi connectivity index (χ2n) is 7.49. The van der Waals surface area contributed by atoms with Gasteiger partial charge in [-0.1, -0.05) is 17.7 Å². The Labute approximate surface area is 181 Å². The van der Waals surface area contributed by atoms with E-state index in [9.17, 15) is 14.7 Å². The van der Waals surface area contributed by atoms with E-state index in [0.717, 1.165) is 45.4 Å². The van der Waals surface area contributed by atoms with Gasteiger partial charge in [0.15, 0.2) is 6.04 Å². The molecule has 2 aromatic carbocycles. The Morgan fingerprint density at radius 2 is 2.03 bits per heavy atom. The summed E-state index contributed by atoms with van der Waals surface area (Å²) in [6.07, 6.45) is 0.797. The number of nitrogens with two attached hydrogens (primary N) is 1. The van der Waals surface area contributed by atoms with Gasteiger partial charge < -0.3 is 20.1 Å². The molecule has 0 aliphatic carbocycles. The van der Waals surface area contributed by atoms with Crippen molar-refractivity contribution in [3.63, 3.8) is 0 Å². The number of benzene rings is 2. The fraction of sp³-hybridized carbons (Fsp3) is 0.182. The zero-order valence-electron chi connectivity index (χ0n) is 16.6. The van der Waals surface area contributed by atoms with Crippen LogP contribution in [0.4, 0.5) is 0 Å². The van der Waals surface area contributed by atoms with Crippen LogP contribution in [0.15, 0.2) is 52.1 Å². The SMILES string of the molecule is COc1ccc2[nH]c3c(c2c1)CC[NH2+][C@H]3c1c(O)n(-c2cccc(Cl)c2)c(=O)[nH]c1=O. The van der Waals surface area contributed by atoms with Crippen LogP contribution >= 0.6 is 11.6 Å². The highest BCUT2D eigenvalue weighted by Gasteiger charge is 2.34. The summed E-state index contributed by atoms with van der Waals surface area (Å²) < 4.78 is 6.42. The molecule has 0 saturated heterocycles. The molecule has 8 nitrogen and oxygen atoms in total. The third kappa shape index (κ3) is 3.11. The molecular formula is C22H20ClN4O4+.